The van der Waals surface area contributed by atoms with E-state index in [1.807, 2.05) is 0 Å². The number of carbonyl (C=O) groups is 1. The molecule has 0 radical (unpaired) electrons. The van der Waals surface area contributed by atoms with Crippen LogP contribution in [0.25, 0.3) is 0 Å². The topological polar surface area (TPSA) is 59.4 Å². The second-order valence-electron chi connectivity index (χ2n) is 2.89. The molecule has 4 nitrogen and oxygen atoms in total. The van der Waals surface area contributed by atoms with E-state index in [0.29, 0.717) is 12.4 Å². The van der Waals surface area contributed by atoms with Crippen LogP contribution in [0.5, 0.6) is 5.75 Å². The maximum Gasteiger partial charge on any atom is 0.354 e. The summed E-state index contributed by atoms with van der Waals surface area (Å²) in [6.07, 6.45) is 3.49. The Bertz CT molecular complexity index is 300. The third-order valence-electron chi connectivity index (χ3n) is 1.72. The van der Waals surface area contributed by atoms with Gasteiger partial charge in [-0.2, -0.15) is 0 Å². The second-order valence-corrected chi connectivity index (χ2v) is 2.89. The van der Waals surface area contributed by atoms with Gasteiger partial charge in [-0.25, -0.2) is 9.78 Å². The maximum absolute atomic E-state index is 10.5. The SMILES string of the molecule is CCCCOc1ccc(C(=O)O)nc1.[Zn]. The number of hydrogen-bond acceptors (Lipinski definition) is 3. The zero-order valence-electron chi connectivity index (χ0n) is 8.77. The van der Waals surface area contributed by atoms with Gasteiger partial charge in [0, 0.05) is 19.5 Å². The van der Waals surface area contributed by atoms with Crippen molar-refractivity contribution >= 4 is 5.97 Å². The molecule has 1 aromatic rings. The zero-order valence-corrected chi connectivity index (χ0v) is 11.7. The van der Waals surface area contributed by atoms with Crippen LogP contribution in [0.3, 0.4) is 0 Å². The molecule has 0 atom stereocenters. The summed E-state index contributed by atoms with van der Waals surface area (Å²) in [5.41, 5.74) is 0.0350. The van der Waals surface area contributed by atoms with Gasteiger partial charge in [-0.05, 0) is 18.6 Å². The Hall–Kier alpha value is -0.957. The van der Waals surface area contributed by atoms with Crippen LogP contribution in [0.15, 0.2) is 18.3 Å². The van der Waals surface area contributed by atoms with Gasteiger partial charge in [-0.15, -0.1) is 0 Å². The summed E-state index contributed by atoms with van der Waals surface area (Å²) in [5.74, 6) is -0.409. The van der Waals surface area contributed by atoms with Gasteiger partial charge in [-0.1, -0.05) is 13.3 Å². The first-order chi connectivity index (χ1) is 6.74. The van der Waals surface area contributed by atoms with Gasteiger partial charge >= 0.3 is 5.97 Å². The maximum atomic E-state index is 10.5. The van der Waals surface area contributed by atoms with E-state index in [2.05, 4.69) is 11.9 Å². The van der Waals surface area contributed by atoms with Crippen LogP contribution in [-0.2, 0) is 19.5 Å². The molecule has 1 N–H and O–H groups in total. The summed E-state index contributed by atoms with van der Waals surface area (Å²) in [7, 11) is 0. The molecular weight excluding hydrogens is 248 g/mol. The Morgan fingerprint density at radius 1 is 1.53 bits per heavy atom. The summed E-state index contributed by atoms with van der Waals surface area (Å²) < 4.78 is 5.33. The van der Waals surface area contributed by atoms with Crippen molar-refractivity contribution in [2.45, 2.75) is 19.8 Å². The average Bonchev–Trinajstić information content (AvgIpc) is 2.19. The van der Waals surface area contributed by atoms with Gasteiger partial charge in [-0.3, -0.25) is 0 Å². The van der Waals surface area contributed by atoms with Gasteiger partial charge in [0.2, 0.25) is 0 Å². The summed E-state index contributed by atoms with van der Waals surface area (Å²) in [5, 5.41) is 8.59. The minimum atomic E-state index is -1.02. The number of aromatic nitrogens is 1. The fraction of sp³-hybridized carbons (Fsp3) is 0.400. The number of rotatable bonds is 5. The smallest absolute Gasteiger partial charge is 0.354 e. The van der Waals surface area contributed by atoms with E-state index in [4.69, 9.17) is 9.84 Å². The van der Waals surface area contributed by atoms with Crippen molar-refractivity contribution in [2.75, 3.05) is 6.61 Å². The minimum absolute atomic E-state index is 0. The van der Waals surface area contributed by atoms with Crippen molar-refractivity contribution in [1.29, 1.82) is 0 Å². The Balaban J connectivity index is 0.00000196. The van der Waals surface area contributed by atoms with E-state index in [1.165, 1.54) is 12.3 Å². The molecule has 1 rings (SSSR count). The summed E-state index contributed by atoms with van der Waals surface area (Å²) in [6.45, 7) is 2.72. The van der Waals surface area contributed by atoms with Crippen molar-refractivity contribution in [3.8, 4) is 5.75 Å². The fourth-order valence-corrected chi connectivity index (χ4v) is 0.927. The van der Waals surface area contributed by atoms with Gasteiger partial charge in [0.25, 0.3) is 0 Å². The zero-order chi connectivity index (χ0) is 10.4. The van der Waals surface area contributed by atoms with Crippen LogP contribution in [0.2, 0.25) is 0 Å². The van der Waals surface area contributed by atoms with Crippen LogP contribution < -0.4 is 4.74 Å². The Morgan fingerprint density at radius 3 is 2.73 bits per heavy atom. The van der Waals surface area contributed by atoms with Crippen LogP contribution >= 0.6 is 0 Å². The molecule has 78 valence electrons. The van der Waals surface area contributed by atoms with E-state index in [-0.39, 0.29) is 25.2 Å². The van der Waals surface area contributed by atoms with Gasteiger partial charge < -0.3 is 9.84 Å². The molecule has 0 saturated carbocycles. The molecular formula is C10H13NO3Zn. The molecule has 0 saturated heterocycles. The second kappa shape index (κ2) is 7.35. The van der Waals surface area contributed by atoms with Gasteiger partial charge in [0.1, 0.15) is 11.4 Å². The molecule has 0 aromatic carbocycles. The van der Waals surface area contributed by atoms with E-state index in [9.17, 15) is 4.79 Å². The van der Waals surface area contributed by atoms with Crippen molar-refractivity contribution in [3.05, 3.63) is 24.0 Å². The van der Waals surface area contributed by atoms with Crippen molar-refractivity contribution in [2.24, 2.45) is 0 Å². The fourth-order valence-electron chi connectivity index (χ4n) is 0.927. The first kappa shape index (κ1) is 14.0. The number of carboxylic acid groups (broad SMARTS) is 1. The molecule has 0 spiro atoms. The molecule has 5 heteroatoms. The van der Waals surface area contributed by atoms with Crippen LogP contribution in [0.4, 0.5) is 0 Å². The third kappa shape index (κ3) is 4.89. The van der Waals surface area contributed by atoms with E-state index < -0.39 is 5.97 Å². The monoisotopic (exact) mass is 259 g/mol. The Labute approximate surface area is 101 Å². The standard InChI is InChI=1S/C10H13NO3.Zn/c1-2-3-6-14-8-4-5-9(10(12)13)11-7-8;/h4-5,7H,2-3,6H2,1H3,(H,12,13);. The molecule has 0 aliphatic heterocycles. The molecule has 0 aliphatic carbocycles. The number of nitrogens with zero attached hydrogens (tertiary/aromatic N) is 1. The Kier molecular flexibility index (Phi) is 6.88. The van der Waals surface area contributed by atoms with Gasteiger partial charge in [0.05, 0.1) is 12.8 Å². The molecule has 0 aliphatic rings. The number of pyridine rings is 1. The van der Waals surface area contributed by atoms with Crippen molar-refractivity contribution < 1.29 is 34.1 Å². The van der Waals surface area contributed by atoms with E-state index in [0.717, 1.165) is 12.8 Å². The predicted molar refractivity (Wildman–Crippen MR) is 51.6 cm³/mol. The molecule has 15 heavy (non-hydrogen) atoms. The molecule has 0 bridgehead atoms. The van der Waals surface area contributed by atoms with E-state index in [1.54, 1.807) is 6.07 Å². The molecule has 0 unspecified atom stereocenters. The molecule has 0 amide bonds. The molecule has 1 aromatic heterocycles. The number of aromatic carboxylic acids is 1. The van der Waals surface area contributed by atoms with Gasteiger partial charge in [0.15, 0.2) is 0 Å². The number of hydrogen-bond donors (Lipinski definition) is 1. The van der Waals surface area contributed by atoms with Crippen LogP contribution in [0.1, 0.15) is 30.3 Å². The number of ether oxygens (including phenoxy) is 1. The number of unbranched alkanes of at least 4 members (excludes halogenated alkanes) is 1. The van der Waals surface area contributed by atoms with Crippen molar-refractivity contribution in [3.63, 3.8) is 0 Å². The minimum Gasteiger partial charge on any atom is -0.492 e. The molecule has 0 fully saturated rings. The van der Waals surface area contributed by atoms with Crippen LogP contribution in [-0.4, -0.2) is 22.7 Å². The average molecular weight is 261 g/mol. The summed E-state index contributed by atoms with van der Waals surface area (Å²) in [4.78, 5) is 14.2. The summed E-state index contributed by atoms with van der Waals surface area (Å²) in [6, 6.07) is 3.05. The first-order valence-corrected chi connectivity index (χ1v) is 4.56. The third-order valence-corrected chi connectivity index (χ3v) is 1.72. The normalized spacial score (nSPS) is 9.13. The van der Waals surface area contributed by atoms with Crippen LogP contribution in [0, 0.1) is 0 Å². The quantitative estimate of drug-likeness (QED) is 0.649. The Morgan fingerprint density at radius 2 is 2.27 bits per heavy atom. The number of carboxylic acids is 1. The summed E-state index contributed by atoms with van der Waals surface area (Å²) >= 11 is 0. The predicted octanol–water partition coefficient (Wildman–Crippen LogP) is 1.96. The van der Waals surface area contributed by atoms with E-state index >= 15 is 0 Å². The van der Waals surface area contributed by atoms with Crippen molar-refractivity contribution in [1.82, 2.24) is 4.98 Å². The molecule has 1 heterocycles. The largest absolute Gasteiger partial charge is 0.492 e. The first-order valence-electron chi connectivity index (χ1n) is 4.56.